The summed E-state index contributed by atoms with van der Waals surface area (Å²) in [5.74, 6) is 2.00. The molecule has 0 aliphatic carbocycles. The van der Waals surface area contributed by atoms with Gasteiger partial charge in [0.2, 0.25) is 5.91 Å². The second kappa shape index (κ2) is 6.89. The first kappa shape index (κ1) is 16.6. The number of thiazole rings is 1. The number of amides is 1. The molecule has 0 bridgehead atoms. The van der Waals surface area contributed by atoms with Gasteiger partial charge in [-0.05, 0) is 18.2 Å². The van der Waals surface area contributed by atoms with E-state index in [4.69, 9.17) is 4.42 Å². The van der Waals surface area contributed by atoms with Crippen molar-refractivity contribution in [1.29, 1.82) is 0 Å². The van der Waals surface area contributed by atoms with Crippen molar-refractivity contribution in [2.45, 2.75) is 0 Å². The summed E-state index contributed by atoms with van der Waals surface area (Å²) in [4.78, 5) is 27.4. The molecule has 4 aromatic heterocycles. The van der Waals surface area contributed by atoms with Crippen molar-refractivity contribution in [3.8, 4) is 17.3 Å². The van der Waals surface area contributed by atoms with Crippen LogP contribution in [0, 0.1) is 5.92 Å². The Labute approximate surface area is 163 Å². The maximum Gasteiger partial charge on any atom is 0.232 e. The van der Waals surface area contributed by atoms with Gasteiger partial charge >= 0.3 is 0 Å². The van der Waals surface area contributed by atoms with Gasteiger partial charge in [-0.25, -0.2) is 19.6 Å². The Bertz CT molecular complexity index is 1090. The molecule has 1 aliphatic rings. The Morgan fingerprint density at radius 2 is 2.14 bits per heavy atom. The molecule has 1 fully saturated rings. The maximum atomic E-state index is 12.5. The summed E-state index contributed by atoms with van der Waals surface area (Å²) in [5.41, 5.74) is 0.715. The van der Waals surface area contributed by atoms with Crippen molar-refractivity contribution in [2.24, 2.45) is 5.92 Å². The lowest BCUT2D eigenvalue weighted by molar-refractivity contribution is -0.120. The molecule has 10 heteroatoms. The summed E-state index contributed by atoms with van der Waals surface area (Å²) in [7, 11) is 0. The normalized spacial score (nSPS) is 14.1. The Hall–Kier alpha value is -3.53. The molecule has 9 nitrogen and oxygen atoms in total. The van der Waals surface area contributed by atoms with Crippen LogP contribution < -0.4 is 10.2 Å². The lowest BCUT2D eigenvalue weighted by Gasteiger charge is -2.38. The van der Waals surface area contributed by atoms with E-state index in [-0.39, 0.29) is 11.8 Å². The van der Waals surface area contributed by atoms with E-state index in [1.54, 1.807) is 23.2 Å². The summed E-state index contributed by atoms with van der Waals surface area (Å²) in [5, 5.41) is 9.49. The highest BCUT2D eigenvalue weighted by Crippen LogP contribution is 2.28. The van der Waals surface area contributed by atoms with Crippen LogP contribution in [0.1, 0.15) is 0 Å². The van der Waals surface area contributed by atoms with Crippen molar-refractivity contribution in [2.75, 3.05) is 23.3 Å². The molecular weight excluding hydrogens is 378 g/mol. The number of furan rings is 1. The molecule has 0 saturated carbocycles. The molecular formula is C18H15N7O2S. The van der Waals surface area contributed by atoms with E-state index in [2.05, 4.69) is 25.4 Å². The SMILES string of the molecule is O=C(Nc1nc(-c2ccco2)cs1)C1CN(c2cc(-n3cccn3)ncn2)C1. The maximum absolute atomic E-state index is 12.5. The van der Waals surface area contributed by atoms with Gasteiger partial charge in [-0.1, -0.05) is 0 Å². The van der Waals surface area contributed by atoms with Crippen LogP contribution in [-0.2, 0) is 4.79 Å². The Morgan fingerprint density at radius 3 is 2.93 bits per heavy atom. The number of hydrogen-bond acceptors (Lipinski definition) is 8. The van der Waals surface area contributed by atoms with Crippen LogP contribution in [0.15, 0.2) is 59.0 Å². The van der Waals surface area contributed by atoms with Gasteiger partial charge in [0.05, 0.1) is 12.2 Å². The zero-order valence-corrected chi connectivity index (χ0v) is 15.4. The van der Waals surface area contributed by atoms with Gasteiger partial charge in [-0.3, -0.25) is 4.79 Å². The molecule has 5 rings (SSSR count). The first-order valence-electron chi connectivity index (χ1n) is 8.63. The molecule has 0 unspecified atom stereocenters. The van der Waals surface area contributed by atoms with E-state index >= 15 is 0 Å². The van der Waals surface area contributed by atoms with E-state index in [0.29, 0.717) is 35.5 Å². The number of nitrogens with zero attached hydrogens (tertiary/aromatic N) is 6. The fourth-order valence-electron chi connectivity index (χ4n) is 2.95. The summed E-state index contributed by atoms with van der Waals surface area (Å²) < 4.78 is 7.00. The third-order valence-electron chi connectivity index (χ3n) is 4.46. The number of rotatable bonds is 5. The molecule has 0 spiro atoms. The zero-order chi connectivity index (χ0) is 18.9. The fraction of sp³-hybridized carbons (Fsp3) is 0.167. The number of aromatic nitrogens is 5. The van der Waals surface area contributed by atoms with Gasteiger partial charge in [0.15, 0.2) is 16.7 Å². The largest absolute Gasteiger partial charge is 0.463 e. The predicted molar refractivity (Wildman–Crippen MR) is 103 cm³/mol. The second-order valence-corrected chi connectivity index (χ2v) is 7.15. The fourth-order valence-corrected chi connectivity index (χ4v) is 3.65. The predicted octanol–water partition coefficient (Wildman–Crippen LogP) is 2.45. The van der Waals surface area contributed by atoms with E-state index < -0.39 is 0 Å². The first-order chi connectivity index (χ1) is 13.8. The number of nitrogens with one attached hydrogen (secondary N) is 1. The van der Waals surface area contributed by atoms with Crippen LogP contribution >= 0.6 is 11.3 Å². The standard InChI is InChI=1S/C18H15N7O2S/c26-17(23-18-22-13(10-28-18)14-3-1-6-27-14)12-8-24(9-12)15-7-16(20-11-19-15)25-5-2-4-21-25/h1-7,10-12H,8-9H2,(H,22,23,26). The van der Waals surface area contributed by atoms with Crippen molar-refractivity contribution in [3.05, 3.63) is 54.6 Å². The van der Waals surface area contributed by atoms with Gasteiger partial charge in [0, 0.05) is 36.9 Å². The molecule has 0 aromatic carbocycles. The number of anilines is 2. The minimum Gasteiger partial charge on any atom is -0.463 e. The highest BCUT2D eigenvalue weighted by atomic mass is 32.1. The molecule has 0 atom stereocenters. The topological polar surface area (TPSA) is 102 Å². The van der Waals surface area contributed by atoms with E-state index in [0.717, 1.165) is 5.82 Å². The van der Waals surface area contributed by atoms with Gasteiger partial charge in [-0.2, -0.15) is 5.10 Å². The lowest BCUT2D eigenvalue weighted by atomic mass is 9.99. The van der Waals surface area contributed by atoms with E-state index in [1.165, 1.54) is 17.7 Å². The molecule has 1 amide bonds. The van der Waals surface area contributed by atoms with Crippen LogP contribution in [0.25, 0.3) is 17.3 Å². The number of hydrogen-bond donors (Lipinski definition) is 1. The Morgan fingerprint density at radius 1 is 1.25 bits per heavy atom. The van der Waals surface area contributed by atoms with Crippen LogP contribution in [0.4, 0.5) is 10.9 Å². The highest BCUT2D eigenvalue weighted by molar-refractivity contribution is 7.14. The molecule has 1 N–H and O–H groups in total. The highest BCUT2D eigenvalue weighted by Gasteiger charge is 2.34. The van der Waals surface area contributed by atoms with Gasteiger partial charge < -0.3 is 14.6 Å². The van der Waals surface area contributed by atoms with Crippen LogP contribution in [0.3, 0.4) is 0 Å². The van der Waals surface area contributed by atoms with E-state index in [9.17, 15) is 4.79 Å². The third kappa shape index (κ3) is 3.14. The molecule has 140 valence electrons. The zero-order valence-electron chi connectivity index (χ0n) is 14.6. The summed E-state index contributed by atoms with van der Waals surface area (Å²) >= 11 is 1.38. The average Bonchev–Trinajstić information content (AvgIpc) is 3.42. The number of carbonyl (C=O) groups excluding carboxylic acids is 1. The number of carbonyl (C=O) groups is 1. The molecule has 28 heavy (non-hydrogen) atoms. The van der Waals surface area contributed by atoms with Crippen LogP contribution in [0.5, 0.6) is 0 Å². The van der Waals surface area contributed by atoms with Crippen molar-refractivity contribution < 1.29 is 9.21 Å². The van der Waals surface area contributed by atoms with Gasteiger partial charge in [-0.15, -0.1) is 11.3 Å². The average molecular weight is 393 g/mol. The summed E-state index contributed by atoms with van der Waals surface area (Å²) in [6, 6.07) is 7.34. The monoisotopic (exact) mass is 393 g/mol. The van der Waals surface area contributed by atoms with Crippen LogP contribution in [-0.4, -0.2) is 43.7 Å². The molecule has 1 saturated heterocycles. The van der Waals surface area contributed by atoms with Crippen LogP contribution in [0.2, 0.25) is 0 Å². The Kier molecular flexibility index (Phi) is 4.09. The van der Waals surface area contributed by atoms with Crippen molar-refractivity contribution in [3.63, 3.8) is 0 Å². The minimum absolute atomic E-state index is 0.0436. The molecule has 5 heterocycles. The quantitative estimate of drug-likeness (QED) is 0.556. The van der Waals surface area contributed by atoms with E-state index in [1.807, 2.05) is 34.7 Å². The van der Waals surface area contributed by atoms with Gasteiger partial charge in [0.1, 0.15) is 17.8 Å². The molecule has 4 aromatic rings. The third-order valence-corrected chi connectivity index (χ3v) is 5.22. The minimum atomic E-state index is -0.112. The summed E-state index contributed by atoms with van der Waals surface area (Å²) in [6.45, 7) is 1.19. The second-order valence-electron chi connectivity index (χ2n) is 6.29. The molecule has 0 radical (unpaired) electrons. The lowest BCUT2D eigenvalue weighted by Crippen LogP contribution is -2.52. The van der Waals surface area contributed by atoms with Gasteiger partial charge in [0.25, 0.3) is 0 Å². The first-order valence-corrected chi connectivity index (χ1v) is 9.51. The molecule has 1 aliphatic heterocycles. The van der Waals surface area contributed by atoms with Crippen molar-refractivity contribution >= 4 is 28.2 Å². The smallest absolute Gasteiger partial charge is 0.232 e. The summed E-state index contributed by atoms with van der Waals surface area (Å²) in [6.07, 6.45) is 6.62. The van der Waals surface area contributed by atoms with Crippen molar-refractivity contribution in [1.82, 2.24) is 24.7 Å². The Balaban J connectivity index is 1.20.